The molecule has 0 atom stereocenters. The number of H-pyrrole nitrogens is 1. The van der Waals surface area contributed by atoms with Crippen LogP contribution >= 0.6 is 0 Å². The van der Waals surface area contributed by atoms with Crippen molar-refractivity contribution >= 4 is 29.0 Å². The Morgan fingerprint density at radius 1 is 1.31 bits per heavy atom. The van der Waals surface area contributed by atoms with Gasteiger partial charge in [0.25, 0.3) is 5.91 Å². The molecule has 0 radical (unpaired) electrons. The number of aromatic nitrogens is 2. The molecule has 1 aromatic heterocycles. The van der Waals surface area contributed by atoms with Crippen LogP contribution in [0.25, 0.3) is 23.1 Å². The van der Waals surface area contributed by atoms with Gasteiger partial charge in [0.1, 0.15) is 18.1 Å². The number of nitrogens with zero attached hydrogens (tertiary/aromatic N) is 2. The van der Waals surface area contributed by atoms with E-state index in [0.717, 1.165) is 5.56 Å². The standard InChI is InChI=1S/C19H15FN4O2/c1-26-18-14(19(25)22-11-10-21)7-9-16-17(18)15(23-24-16)8-4-12-2-5-13(20)6-3-12/h2-9H,11H2,1H3,(H,22,25)(H,23,24). The highest BCUT2D eigenvalue weighted by atomic mass is 19.1. The molecule has 0 saturated carbocycles. The number of halogens is 1. The molecule has 3 rings (SSSR count). The van der Waals surface area contributed by atoms with E-state index in [2.05, 4.69) is 15.5 Å². The number of carbonyl (C=O) groups excluding carboxylic acids is 1. The van der Waals surface area contributed by atoms with Gasteiger partial charge >= 0.3 is 0 Å². The number of benzene rings is 2. The number of aromatic amines is 1. The summed E-state index contributed by atoms with van der Waals surface area (Å²) in [6.07, 6.45) is 3.54. The number of fused-ring (bicyclic) bond motifs is 1. The van der Waals surface area contributed by atoms with E-state index in [9.17, 15) is 9.18 Å². The minimum atomic E-state index is -0.403. The topological polar surface area (TPSA) is 90.8 Å². The Balaban J connectivity index is 2.02. The molecular formula is C19H15FN4O2. The summed E-state index contributed by atoms with van der Waals surface area (Å²) < 4.78 is 18.4. The highest BCUT2D eigenvalue weighted by Gasteiger charge is 2.18. The Bertz CT molecular complexity index is 1020. The molecule has 2 N–H and O–H groups in total. The smallest absolute Gasteiger partial charge is 0.255 e. The predicted molar refractivity (Wildman–Crippen MR) is 95.9 cm³/mol. The van der Waals surface area contributed by atoms with Crippen molar-refractivity contribution in [1.29, 1.82) is 5.26 Å². The number of rotatable bonds is 5. The zero-order valence-corrected chi connectivity index (χ0v) is 13.9. The van der Waals surface area contributed by atoms with E-state index in [1.54, 1.807) is 36.4 Å². The maximum Gasteiger partial charge on any atom is 0.255 e. The van der Waals surface area contributed by atoms with Crippen LogP contribution in [0.15, 0.2) is 36.4 Å². The molecule has 1 amide bonds. The predicted octanol–water partition coefficient (Wildman–Crippen LogP) is 3.13. The zero-order valence-electron chi connectivity index (χ0n) is 13.9. The molecule has 0 saturated heterocycles. The highest BCUT2D eigenvalue weighted by molar-refractivity contribution is 6.05. The second-order valence-electron chi connectivity index (χ2n) is 5.40. The van der Waals surface area contributed by atoms with Crippen LogP contribution in [0.3, 0.4) is 0 Å². The molecule has 2 aromatic carbocycles. The van der Waals surface area contributed by atoms with Gasteiger partial charge in [-0.25, -0.2) is 4.39 Å². The number of hydrogen-bond acceptors (Lipinski definition) is 4. The lowest BCUT2D eigenvalue weighted by atomic mass is 10.1. The first kappa shape index (κ1) is 17.2. The minimum Gasteiger partial charge on any atom is -0.495 e. The van der Waals surface area contributed by atoms with E-state index in [0.29, 0.717) is 27.9 Å². The summed E-state index contributed by atoms with van der Waals surface area (Å²) in [5, 5.41) is 18.9. The summed E-state index contributed by atoms with van der Waals surface area (Å²) in [5.74, 6) is -0.340. The molecule has 0 unspecified atom stereocenters. The number of amides is 1. The second-order valence-corrected chi connectivity index (χ2v) is 5.40. The van der Waals surface area contributed by atoms with Gasteiger partial charge in [-0.05, 0) is 35.9 Å². The molecule has 7 heteroatoms. The molecule has 130 valence electrons. The Hall–Kier alpha value is -3.66. The SMILES string of the molecule is COc1c(C(=O)NCC#N)ccc2[nH]nc(C=Cc3ccc(F)cc3)c12. The monoisotopic (exact) mass is 350 g/mol. The lowest BCUT2D eigenvalue weighted by molar-refractivity contribution is 0.0955. The van der Waals surface area contributed by atoms with Crippen LogP contribution in [0.1, 0.15) is 21.6 Å². The van der Waals surface area contributed by atoms with Crippen molar-refractivity contribution in [2.75, 3.05) is 13.7 Å². The van der Waals surface area contributed by atoms with Gasteiger partial charge < -0.3 is 10.1 Å². The van der Waals surface area contributed by atoms with E-state index in [1.807, 2.05) is 6.07 Å². The van der Waals surface area contributed by atoms with E-state index in [1.165, 1.54) is 19.2 Å². The average Bonchev–Trinajstić information content (AvgIpc) is 3.08. The Morgan fingerprint density at radius 2 is 2.08 bits per heavy atom. The van der Waals surface area contributed by atoms with Gasteiger partial charge in [-0.3, -0.25) is 9.89 Å². The molecule has 26 heavy (non-hydrogen) atoms. The van der Waals surface area contributed by atoms with Gasteiger partial charge in [0, 0.05) is 0 Å². The van der Waals surface area contributed by atoms with E-state index < -0.39 is 5.91 Å². The van der Waals surface area contributed by atoms with Crippen LogP contribution in [0.4, 0.5) is 4.39 Å². The highest BCUT2D eigenvalue weighted by Crippen LogP contribution is 2.32. The van der Waals surface area contributed by atoms with Crippen LogP contribution in [0.5, 0.6) is 5.75 Å². The normalized spacial score (nSPS) is 10.8. The van der Waals surface area contributed by atoms with E-state index in [-0.39, 0.29) is 12.4 Å². The second kappa shape index (κ2) is 7.49. The maximum atomic E-state index is 13.0. The lowest BCUT2D eigenvalue weighted by Gasteiger charge is -2.09. The van der Waals surface area contributed by atoms with Crippen molar-refractivity contribution in [3.05, 3.63) is 59.0 Å². The number of nitrogens with one attached hydrogen (secondary N) is 2. The Kier molecular flexibility index (Phi) is 4.94. The summed E-state index contributed by atoms with van der Waals surface area (Å²) in [7, 11) is 1.47. The van der Waals surface area contributed by atoms with Crippen molar-refractivity contribution in [3.8, 4) is 11.8 Å². The van der Waals surface area contributed by atoms with E-state index >= 15 is 0 Å². The molecule has 1 heterocycles. The molecule has 3 aromatic rings. The third-order valence-corrected chi connectivity index (χ3v) is 3.79. The molecule has 0 aliphatic heterocycles. The fourth-order valence-corrected chi connectivity index (χ4v) is 2.58. The number of hydrogen-bond donors (Lipinski definition) is 2. The molecule has 0 bridgehead atoms. The van der Waals surface area contributed by atoms with Crippen molar-refractivity contribution in [1.82, 2.24) is 15.5 Å². The Labute approximate surface area is 148 Å². The average molecular weight is 350 g/mol. The molecule has 0 aliphatic rings. The molecule has 0 spiro atoms. The van der Waals surface area contributed by atoms with Crippen LogP contribution in [-0.4, -0.2) is 29.8 Å². The zero-order chi connectivity index (χ0) is 18.5. The summed E-state index contributed by atoms with van der Waals surface area (Å²) in [5.41, 5.74) is 2.41. The Morgan fingerprint density at radius 3 is 2.77 bits per heavy atom. The third kappa shape index (κ3) is 3.39. The lowest BCUT2D eigenvalue weighted by Crippen LogP contribution is -2.24. The first-order valence-corrected chi connectivity index (χ1v) is 7.78. The summed E-state index contributed by atoms with van der Waals surface area (Å²) in [4.78, 5) is 12.2. The number of nitriles is 1. The van der Waals surface area contributed by atoms with Crippen molar-refractivity contribution in [2.24, 2.45) is 0 Å². The van der Waals surface area contributed by atoms with Crippen LogP contribution < -0.4 is 10.1 Å². The molecule has 6 nitrogen and oxygen atoms in total. The first-order valence-electron chi connectivity index (χ1n) is 7.78. The van der Waals surface area contributed by atoms with Gasteiger partial charge in [0.15, 0.2) is 0 Å². The van der Waals surface area contributed by atoms with Gasteiger partial charge in [0.05, 0.1) is 35.3 Å². The number of methoxy groups -OCH3 is 1. The molecule has 0 aliphatic carbocycles. The maximum absolute atomic E-state index is 13.0. The number of ether oxygens (including phenoxy) is 1. The van der Waals surface area contributed by atoms with E-state index in [4.69, 9.17) is 10.00 Å². The summed E-state index contributed by atoms with van der Waals surface area (Å²) in [6.45, 7) is -0.0945. The van der Waals surface area contributed by atoms with Crippen molar-refractivity contribution in [2.45, 2.75) is 0 Å². The van der Waals surface area contributed by atoms with Gasteiger partial charge in [-0.1, -0.05) is 18.2 Å². The molecular weight excluding hydrogens is 335 g/mol. The largest absolute Gasteiger partial charge is 0.495 e. The van der Waals surface area contributed by atoms with Crippen LogP contribution in [0, 0.1) is 17.1 Å². The van der Waals surface area contributed by atoms with Crippen LogP contribution in [-0.2, 0) is 0 Å². The van der Waals surface area contributed by atoms with Gasteiger partial charge in [0.2, 0.25) is 0 Å². The van der Waals surface area contributed by atoms with Crippen molar-refractivity contribution in [3.63, 3.8) is 0 Å². The van der Waals surface area contributed by atoms with Gasteiger partial charge in [-0.2, -0.15) is 10.4 Å². The summed E-state index contributed by atoms with van der Waals surface area (Å²) >= 11 is 0. The third-order valence-electron chi connectivity index (χ3n) is 3.79. The molecule has 0 fully saturated rings. The first-order chi connectivity index (χ1) is 12.6. The summed E-state index contributed by atoms with van der Waals surface area (Å²) in [6, 6.07) is 11.3. The fourth-order valence-electron chi connectivity index (χ4n) is 2.58. The quantitative estimate of drug-likeness (QED) is 0.692. The fraction of sp³-hybridized carbons (Fsp3) is 0.105. The van der Waals surface area contributed by atoms with Crippen molar-refractivity contribution < 1.29 is 13.9 Å². The van der Waals surface area contributed by atoms with Crippen LogP contribution in [0.2, 0.25) is 0 Å². The van der Waals surface area contributed by atoms with Gasteiger partial charge in [-0.15, -0.1) is 0 Å². The minimum absolute atomic E-state index is 0.0945. The number of carbonyl (C=O) groups is 1.